The second-order valence-corrected chi connectivity index (χ2v) is 13.3. The molecule has 1 rings (SSSR count). The second kappa shape index (κ2) is 4.88. The minimum atomic E-state index is -1.12. The molecule has 0 saturated carbocycles. The molecular weight excluding hydrogens is 185 g/mol. The summed E-state index contributed by atoms with van der Waals surface area (Å²) in [6.45, 7) is 4.76. The third-order valence-electron chi connectivity index (χ3n) is 2.94. The first-order valence-corrected chi connectivity index (χ1v) is 10.6. The van der Waals surface area contributed by atoms with Crippen LogP contribution in [0.4, 0.5) is 0 Å². The molecule has 1 heteroatoms. The Labute approximate surface area is 75.3 Å². The Morgan fingerprint density at radius 2 is 2.00 bits per heavy atom. The zero-order valence-corrected chi connectivity index (χ0v) is 10.7. The van der Waals surface area contributed by atoms with E-state index in [1.165, 1.54) is 22.9 Å². The van der Waals surface area contributed by atoms with Crippen LogP contribution in [0, 0.1) is 0 Å². The molecule has 1 aliphatic rings. The Morgan fingerprint density at radius 3 is 2.45 bits per heavy atom. The van der Waals surface area contributed by atoms with Crippen LogP contribution in [0.5, 0.6) is 0 Å². The Balaban J connectivity index is 2.50. The molecule has 0 aliphatic heterocycles. The summed E-state index contributed by atoms with van der Waals surface area (Å²) in [7, 11) is 0. The summed E-state index contributed by atoms with van der Waals surface area (Å²) in [5.41, 5.74) is 0. The average molecular weight is 203 g/mol. The van der Waals surface area contributed by atoms with E-state index in [9.17, 15) is 0 Å². The van der Waals surface area contributed by atoms with Crippen LogP contribution in [0.25, 0.3) is 0 Å². The van der Waals surface area contributed by atoms with E-state index < -0.39 is 16.0 Å². The topological polar surface area (TPSA) is 0 Å². The maximum absolute atomic E-state index is 2.49. The molecule has 11 heavy (non-hydrogen) atoms. The van der Waals surface area contributed by atoms with Gasteiger partial charge in [-0.05, 0) is 0 Å². The van der Waals surface area contributed by atoms with E-state index in [1.54, 1.807) is 0 Å². The Kier molecular flexibility index (Phi) is 4.08. The molecule has 1 aliphatic carbocycles. The molecule has 0 bridgehead atoms. The van der Waals surface area contributed by atoms with Crippen LogP contribution in [0.2, 0.25) is 10.0 Å². The number of hydrogen-bond donors (Lipinski definition) is 0. The molecule has 0 fully saturated rings. The van der Waals surface area contributed by atoms with E-state index in [2.05, 4.69) is 32.1 Å². The fourth-order valence-electron chi connectivity index (χ4n) is 2.05. The SMILES string of the molecule is C[CH2][Zn]([CH2]C)[C]1=CCC=CC1. The molecule has 59 valence electrons. The van der Waals surface area contributed by atoms with Crippen molar-refractivity contribution >= 4 is 0 Å². The summed E-state index contributed by atoms with van der Waals surface area (Å²) in [5, 5.41) is 3.02. The van der Waals surface area contributed by atoms with Crippen molar-refractivity contribution in [3.05, 3.63) is 22.4 Å². The van der Waals surface area contributed by atoms with E-state index in [-0.39, 0.29) is 0 Å². The number of rotatable bonds is 3. The summed E-state index contributed by atoms with van der Waals surface area (Å²) in [6.07, 6.45) is 9.64. The third-order valence-corrected chi connectivity index (χ3v) is 11.9. The van der Waals surface area contributed by atoms with Gasteiger partial charge < -0.3 is 0 Å². The maximum atomic E-state index is 2.49. The van der Waals surface area contributed by atoms with Crippen molar-refractivity contribution in [2.24, 2.45) is 0 Å². The van der Waals surface area contributed by atoms with E-state index in [0.717, 1.165) is 0 Å². The van der Waals surface area contributed by atoms with Crippen LogP contribution in [0.15, 0.2) is 22.4 Å². The normalized spacial score (nSPS) is 16.4. The Bertz CT molecular complexity index is 164. The standard InChI is InChI=1S/C6H7.2C2H5.Zn/c1-2-4-6-5-3-1;2*1-2;/h1-2,5H,3-4H2;2*1H2,2H3;. The number of allylic oxidation sites excluding steroid dienone is 4. The zero-order chi connectivity index (χ0) is 8.10. The molecule has 0 spiro atoms. The Morgan fingerprint density at radius 1 is 1.27 bits per heavy atom. The predicted octanol–water partition coefficient (Wildman–Crippen LogP) is 3.71. The number of hydrogen-bond acceptors (Lipinski definition) is 0. The van der Waals surface area contributed by atoms with Crippen LogP contribution >= 0.6 is 0 Å². The molecule has 0 aromatic heterocycles. The molecule has 0 aromatic carbocycles. The van der Waals surface area contributed by atoms with Crippen LogP contribution in [-0.4, -0.2) is 0 Å². The van der Waals surface area contributed by atoms with Gasteiger partial charge in [-0.15, -0.1) is 0 Å². The van der Waals surface area contributed by atoms with E-state index >= 15 is 0 Å². The summed E-state index contributed by atoms with van der Waals surface area (Å²) in [5.74, 6) is 0. The molecule has 0 atom stereocenters. The van der Waals surface area contributed by atoms with E-state index in [1.807, 2.05) is 4.17 Å². The van der Waals surface area contributed by atoms with Gasteiger partial charge in [-0.1, -0.05) is 0 Å². The first kappa shape index (κ1) is 9.19. The van der Waals surface area contributed by atoms with Crippen molar-refractivity contribution in [3.63, 3.8) is 0 Å². The van der Waals surface area contributed by atoms with Gasteiger partial charge in [-0.25, -0.2) is 0 Å². The second-order valence-electron chi connectivity index (χ2n) is 3.63. The van der Waals surface area contributed by atoms with Gasteiger partial charge in [0.15, 0.2) is 0 Å². The van der Waals surface area contributed by atoms with Gasteiger partial charge in [0.2, 0.25) is 0 Å². The predicted molar refractivity (Wildman–Crippen MR) is 47.4 cm³/mol. The molecule has 0 nitrogen and oxygen atoms in total. The monoisotopic (exact) mass is 201 g/mol. The van der Waals surface area contributed by atoms with Crippen molar-refractivity contribution in [2.45, 2.75) is 36.7 Å². The van der Waals surface area contributed by atoms with Crippen molar-refractivity contribution in [2.75, 3.05) is 0 Å². The van der Waals surface area contributed by atoms with Crippen molar-refractivity contribution in [1.29, 1.82) is 0 Å². The van der Waals surface area contributed by atoms with Gasteiger partial charge >= 0.3 is 75.1 Å². The molecule has 0 amide bonds. The van der Waals surface area contributed by atoms with Crippen molar-refractivity contribution in [1.82, 2.24) is 0 Å². The van der Waals surface area contributed by atoms with Gasteiger partial charge in [0.1, 0.15) is 0 Å². The van der Waals surface area contributed by atoms with Crippen molar-refractivity contribution in [3.8, 4) is 0 Å². The summed E-state index contributed by atoms with van der Waals surface area (Å²) >= 11 is -1.12. The fourth-order valence-corrected chi connectivity index (χ4v) is 8.64. The first-order chi connectivity index (χ1) is 5.38. The van der Waals surface area contributed by atoms with Gasteiger partial charge in [0, 0.05) is 0 Å². The molecule has 0 N–H and O–H groups in total. The summed E-state index contributed by atoms with van der Waals surface area (Å²) < 4.78 is 1.87. The summed E-state index contributed by atoms with van der Waals surface area (Å²) in [4.78, 5) is 0. The van der Waals surface area contributed by atoms with Gasteiger partial charge in [0.05, 0.1) is 0 Å². The zero-order valence-electron chi connectivity index (χ0n) is 7.77. The summed E-state index contributed by atoms with van der Waals surface area (Å²) in [6, 6.07) is 0. The molecular formula is C10H17Zn. The van der Waals surface area contributed by atoms with Gasteiger partial charge in [-0.2, -0.15) is 0 Å². The Hall–Kier alpha value is 0.103. The van der Waals surface area contributed by atoms with Crippen LogP contribution in [-0.2, 0) is 16.0 Å². The molecule has 0 unspecified atom stereocenters. The third kappa shape index (κ3) is 2.56. The molecule has 0 aromatic rings. The van der Waals surface area contributed by atoms with Gasteiger partial charge in [-0.3, -0.25) is 0 Å². The fraction of sp³-hybridized carbons (Fsp3) is 0.600. The van der Waals surface area contributed by atoms with Gasteiger partial charge in [0.25, 0.3) is 0 Å². The first-order valence-electron chi connectivity index (χ1n) is 4.97. The van der Waals surface area contributed by atoms with E-state index in [4.69, 9.17) is 0 Å². The van der Waals surface area contributed by atoms with Crippen LogP contribution in [0.1, 0.15) is 26.7 Å². The van der Waals surface area contributed by atoms with Crippen LogP contribution in [0.3, 0.4) is 0 Å². The molecule has 0 saturated heterocycles. The van der Waals surface area contributed by atoms with E-state index in [0.29, 0.717) is 0 Å². The minimum absolute atomic E-state index is 1.12. The average Bonchev–Trinajstić information content (AvgIpc) is 2.09. The molecule has 0 heterocycles. The quantitative estimate of drug-likeness (QED) is 0.484. The molecule has 0 radical (unpaired) electrons. The van der Waals surface area contributed by atoms with Crippen molar-refractivity contribution < 1.29 is 16.0 Å². The van der Waals surface area contributed by atoms with Crippen LogP contribution < -0.4 is 0 Å².